The minimum atomic E-state index is -4.79. The van der Waals surface area contributed by atoms with E-state index >= 15 is 0 Å². The van der Waals surface area contributed by atoms with Crippen LogP contribution in [0.3, 0.4) is 0 Å². The molecule has 3 rings (SSSR count). The van der Waals surface area contributed by atoms with Crippen LogP contribution in [-0.4, -0.2) is 16.0 Å². The summed E-state index contributed by atoms with van der Waals surface area (Å²) < 4.78 is 40.5. The predicted octanol–water partition coefficient (Wildman–Crippen LogP) is 5.35. The van der Waals surface area contributed by atoms with Crippen LogP contribution in [0.1, 0.15) is 56.8 Å². The first-order chi connectivity index (χ1) is 15.1. The van der Waals surface area contributed by atoms with Crippen molar-refractivity contribution >= 4 is 5.78 Å². The summed E-state index contributed by atoms with van der Waals surface area (Å²) in [6.07, 6.45) is -5.46. The number of benzene rings is 3. The number of nitrogens with zero attached hydrogens (tertiary/aromatic N) is 1. The fourth-order valence-corrected chi connectivity index (χ4v) is 3.56. The van der Waals surface area contributed by atoms with Crippen LogP contribution in [-0.2, 0) is 19.0 Å². The van der Waals surface area contributed by atoms with Crippen LogP contribution in [0.4, 0.5) is 13.2 Å². The van der Waals surface area contributed by atoms with E-state index in [0.29, 0.717) is 16.7 Å². The summed E-state index contributed by atoms with van der Waals surface area (Å²) in [5.74, 6) is -1.69. The monoisotopic (exact) mass is 439 g/mol. The molecule has 32 heavy (non-hydrogen) atoms. The Hall–Kier alpha value is -3.63. The molecule has 0 saturated carbocycles. The Morgan fingerprint density at radius 2 is 1.72 bits per heavy atom. The first-order valence-electron chi connectivity index (χ1n) is 9.81. The molecule has 0 bridgehead atoms. The fourth-order valence-electron chi connectivity index (χ4n) is 3.56. The second kappa shape index (κ2) is 9.25. The number of aliphatic hydroxyl groups excluding tert-OH is 1. The van der Waals surface area contributed by atoms with E-state index in [1.165, 1.54) is 12.1 Å². The van der Waals surface area contributed by atoms with Gasteiger partial charge in [-0.25, -0.2) is 0 Å². The van der Waals surface area contributed by atoms with Crippen LogP contribution in [0, 0.1) is 11.3 Å². The van der Waals surface area contributed by atoms with Crippen molar-refractivity contribution in [2.45, 2.75) is 32.0 Å². The molecule has 0 amide bonds. The number of carbonyl (C=O) groups is 1. The van der Waals surface area contributed by atoms with E-state index < -0.39 is 29.4 Å². The van der Waals surface area contributed by atoms with Gasteiger partial charge in [-0.3, -0.25) is 4.79 Å². The number of phenols is 1. The number of ketones is 1. The van der Waals surface area contributed by atoms with Crippen LogP contribution in [0.25, 0.3) is 0 Å². The Balaban J connectivity index is 1.79. The van der Waals surface area contributed by atoms with Gasteiger partial charge in [0.15, 0.2) is 5.78 Å². The molecule has 0 saturated heterocycles. The lowest BCUT2D eigenvalue weighted by molar-refractivity contribution is -0.139. The van der Waals surface area contributed by atoms with Gasteiger partial charge in [-0.15, -0.1) is 0 Å². The third-order valence-electron chi connectivity index (χ3n) is 5.24. The third-order valence-corrected chi connectivity index (χ3v) is 5.24. The number of aliphatic hydroxyl groups is 1. The number of hydrogen-bond acceptors (Lipinski definition) is 4. The highest BCUT2D eigenvalue weighted by molar-refractivity contribution is 5.97. The maximum Gasteiger partial charge on any atom is 0.420 e. The molecule has 164 valence electrons. The number of carbonyl (C=O) groups excluding carboxylic acids is 1. The molecule has 3 aromatic carbocycles. The van der Waals surface area contributed by atoms with E-state index in [2.05, 4.69) is 0 Å². The summed E-state index contributed by atoms with van der Waals surface area (Å²) in [5, 5.41) is 29.6. The molecule has 7 heteroatoms. The van der Waals surface area contributed by atoms with Crippen LogP contribution in [0.2, 0.25) is 0 Å². The lowest BCUT2D eigenvalue weighted by atomic mass is 9.94. The SMILES string of the molecule is CC(=O)c1ccc(CCc2ccc(C(O)c3cccc(C#N)c3)cc2)c(C(F)(F)F)c1O. The van der Waals surface area contributed by atoms with Gasteiger partial charge >= 0.3 is 6.18 Å². The van der Waals surface area contributed by atoms with Gasteiger partial charge < -0.3 is 10.2 Å². The summed E-state index contributed by atoms with van der Waals surface area (Å²) in [7, 11) is 0. The molecule has 0 aliphatic carbocycles. The highest BCUT2D eigenvalue weighted by Crippen LogP contribution is 2.40. The topological polar surface area (TPSA) is 81.3 Å². The minimum absolute atomic E-state index is 0.00665. The molecule has 0 aliphatic heterocycles. The molecule has 4 nitrogen and oxygen atoms in total. The number of alkyl halides is 3. The highest BCUT2D eigenvalue weighted by Gasteiger charge is 2.38. The Labute approximate surface area is 183 Å². The van der Waals surface area contributed by atoms with Gasteiger partial charge in [0.1, 0.15) is 17.4 Å². The van der Waals surface area contributed by atoms with Gasteiger partial charge in [0.05, 0.1) is 17.2 Å². The van der Waals surface area contributed by atoms with Gasteiger partial charge in [-0.2, -0.15) is 18.4 Å². The second-order valence-corrected chi connectivity index (χ2v) is 7.43. The van der Waals surface area contributed by atoms with Crippen LogP contribution in [0.5, 0.6) is 5.75 Å². The Bertz CT molecular complexity index is 1180. The van der Waals surface area contributed by atoms with Crippen molar-refractivity contribution in [3.05, 3.63) is 99.6 Å². The number of phenolic OH excluding ortho intramolecular Hbond substituents is 1. The van der Waals surface area contributed by atoms with Gasteiger partial charge in [0, 0.05) is 0 Å². The van der Waals surface area contributed by atoms with E-state index in [4.69, 9.17) is 5.26 Å². The van der Waals surface area contributed by atoms with E-state index in [-0.39, 0.29) is 24.0 Å². The first-order valence-corrected chi connectivity index (χ1v) is 9.81. The summed E-state index contributed by atoms with van der Waals surface area (Å²) in [4.78, 5) is 11.5. The molecule has 0 aromatic heterocycles. The van der Waals surface area contributed by atoms with Gasteiger partial charge in [0.25, 0.3) is 0 Å². The van der Waals surface area contributed by atoms with E-state index in [1.807, 2.05) is 6.07 Å². The van der Waals surface area contributed by atoms with E-state index in [9.17, 15) is 28.2 Å². The molecule has 1 atom stereocenters. The number of nitriles is 1. The summed E-state index contributed by atoms with van der Waals surface area (Å²) >= 11 is 0. The number of Topliss-reactive ketones (excluding diaryl/α,β-unsaturated/α-hetero) is 1. The van der Waals surface area contributed by atoms with Gasteiger partial charge in [0.2, 0.25) is 0 Å². The summed E-state index contributed by atoms with van der Waals surface area (Å²) in [6.45, 7) is 1.10. The largest absolute Gasteiger partial charge is 0.507 e. The van der Waals surface area contributed by atoms with Crippen molar-refractivity contribution in [2.75, 3.05) is 0 Å². The lowest BCUT2D eigenvalue weighted by Gasteiger charge is -2.17. The number of halogens is 3. The predicted molar refractivity (Wildman–Crippen MR) is 112 cm³/mol. The van der Waals surface area contributed by atoms with Crippen molar-refractivity contribution in [3.8, 4) is 11.8 Å². The average molecular weight is 439 g/mol. The van der Waals surface area contributed by atoms with Gasteiger partial charge in [-0.05, 0) is 60.2 Å². The number of rotatable bonds is 6. The zero-order chi connectivity index (χ0) is 23.5. The quantitative estimate of drug-likeness (QED) is 0.507. The smallest absolute Gasteiger partial charge is 0.420 e. The lowest BCUT2D eigenvalue weighted by Crippen LogP contribution is -2.12. The molecule has 2 N–H and O–H groups in total. The van der Waals surface area contributed by atoms with Crippen molar-refractivity contribution in [3.63, 3.8) is 0 Å². The van der Waals surface area contributed by atoms with Crippen LogP contribution in [0.15, 0.2) is 60.7 Å². The molecule has 0 fully saturated rings. The Morgan fingerprint density at radius 3 is 2.31 bits per heavy atom. The van der Waals surface area contributed by atoms with Crippen LogP contribution < -0.4 is 0 Å². The van der Waals surface area contributed by atoms with Crippen molar-refractivity contribution in [2.24, 2.45) is 0 Å². The molecule has 0 spiro atoms. The minimum Gasteiger partial charge on any atom is -0.507 e. The second-order valence-electron chi connectivity index (χ2n) is 7.43. The third kappa shape index (κ3) is 4.98. The van der Waals surface area contributed by atoms with E-state index in [0.717, 1.165) is 12.5 Å². The Kier molecular flexibility index (Phi) is 6.66. The number of hydrogen-bond donors (Lipinski definition) is 2. The van der Waals surface area contributed by atoms with Crippen molar-refractivity contribution in [1.82, 2.24) is 0 Å². The highest BCUT2D eigenvalue weighted by atomic mass is 19.4. The molecule has 0 aliphatic rings. The zero-order valence-electron chi connectivity index (χ0n) is 17.1. The maximum absolute atomic E-state index is 13.5. The maximum atomic E-state index is 13.5. The number of aromatic hydroxyl groups is 1. The zero-order valence-corrected chi connectivity index (χ0v) is 17.1. The van der Waals surface area contributed by atoms with Crippen LogP contribution >= 0.6 is 0 Å². The first kappa shape index (κ1) is 23.0. The molecular weight excluding hydrogens is 419 g/mol. The average Bonchev–Trinajstić information content (AvgIpc) is 2.76. The standard InChI is InChI=1S/C25H20F3NO3/c1-15(30)21-12-11-18(22(24(21)32)25(26,27)28)8-5-16-6-9-19(10-7-16)23(31)20-4-2-3-17(13-20)14-29/h2-4,6-7,9-13,23,31-32H,5,8H2,1H3. The normalized spacial score (nSPS) is 12.2. The summed E-state index contributed by atoms with van der Waals surface area (Å²) in [6, 6.07) is 17.8. The fraction of sp³-hybridized carbons (Fsp3) is 0.200. The molecule has 0 radical (unpaired) electrons. The molecule has 0 heterocycles. The number of aryl methyl sites for hydroxylation is 2. The van der Waals surface area contributed by atoms with Gasteiger partial charge in [-0.1, -0.05) is 42.5 Å². The summed E-state index contributed by atoms with van der Waals surface area (Å²) in [5.41, 5.74) is 0.676. The Morgan fingerprint density at radius 1 is 1.03 bits per heavy atom. The van der Waals surface area contributed by atoms with Crippen molar-refractivity contribution in [1.29, 1.82) is 5.26 Å². The van der Waals surface area contributed by atoms with E-state index in [1.54, 1.807) is 48.5 Å². The van der Waals surface area contributed by atoms with Crippen molar-refractivity contribution < 1.29 is 28.2 Å². The molecule has 3 aromatic rings. The molecular formula is C25H20F3NO3. The molecule has 1 unspecified atom stereocenters.